The van der Waals surface area contributed by atoms with Crippen LogP contribution in [0.1, 0.15) is 31.0 Å². The molecule has 39 heavy (non-hydrogen) atoms. The minimum absolute atomic E-state index is 0.139. The number of nitrogens with zero attached hydrogens (tertiary/aromatic N) is 1. The third-order valence-corrected chi connectivity index (χ3v) is 9.14. The molecule has 2 fully saturated rings. The van der Waals surface area contributed by atoms with E-state index < -0.39 is 51.9 Å². The summed E-state index contributed by atoms with van der Waals surface area (Å²) in [5.41, 5.74) is 0.783. The maximum Gasteiger partial charge on any atom is 0.327 e. The molecule has 0 aliphatic carbocycles. The summed E-state index contributed by atoms with van der Waals surface area (Å²) in [5.74, 6) is -2.97. The lowest BCUT2D eigenvalue weighted by molar-refractivity contribution is -0.161. The van der Waals surface area contributed by atoms with Gasteiger partial charge in [-0.1, -0.05) is 65.1 Å². The van der Waals surface area contributed by atoms with Crippen LogP contribution in [-0.4, -0.2) is 68.3 Å². The lowest BCUT2D eigenvalue weighted by atomic mass is 9.95. The molecule has 0 aromatic heterocycles. The van der Waals surface area contributed by atoms with Crippen molar-refractivity contribution in [1.82, 2.24) is 20.9 Å². The zero-order valence-corrected chi connectivity index (χ0v) is 23.7. The summed E-state index contributed by atoms with van der Waals surface area (Å²) in [4.78, 5) is 52.0. The Hall–Kier alpha value is -2.99. The number of carbonyl (C=O) groups excluding carboxylic acids is 3. The van der Waals surface area contributed by atoms with Gasteiger partial charge in [0.15, 0.2) is 0 Å². The topological polar surface area (TPSA) is 152 Å². The van der Waals surface area contributed by atoms with Gasteiger partial charge in [-0.05, 0) is 31.5 Å². The van der Waals surface area contributed by atoms with Crippen LogP contribution in [0.2, 0.25) is 15.1 Å². The molecule has 3 amide bonds. The van der Waals surface area contributed by atoms with Crippen molar-refractivity contribution < 1.29 is 24.3 Å². The highest BCUT2D eigenvalue weighted by molar-refractivity contribution is 8.01. The number of β-lactam (4-membered cyclic amide) rings is 1. The number of fused-ring (bicyclic) bond motifs is 1. The molecule has 2 aliphatic heterocycles. The molecule has 2 aromatic carbocycles. The predicted molar refractivity (Wildman–Crippen MR) is 149 cm³/mol. The lowest BCUT2D eigenvalue weighted by Crippen LogP contribution is -2.71. The van der Waals surface area contributed by atoms with Crippen LogP contribution in [0, 0.1) is 5.41 Å². The molecular formula is C25H24Cl3N5O5S. The maximum atomic E-state index is 13.3. The number of nitrogens with one attached hydrogen (secondary N) is 4. The van der Waals surface area contributed by atoms with E-state index in [0.717, 1.165) is 0 Å². The van der Waals surface area contributed by atoms with Crippen molar-refractivity contribution in [3.63, 3.8) is 0 Å². The average Bonchev–Trinajstić information content (AvgIpc) is 3.15. The predicted octanol–water partition coefficient (Wildman–Crippen LogP) is 3.05. The third-order valence-electron chi connectivity index (χ3n) is 6.37. The van der Waals surface area contributed by atoms with Crippen LogP contribution in [0.15, 0.2) is 42.5 Å². The zero-order chi connectivity index (χ0) is 28.6. The number of carboxylic acids is 1. The van der Waals surface area contributed by atoms with E-state index in [2.05, 4.69) is 16.0 Å². The second-order valence-electron chi connectivity index (χ2n) is 9.48. The summed E-state index contributed by atoms with van der Waals surface area (Å²) in [7, 11) is 0. The van der Waals surface area contributed by atoms with Gasteiger partial charge in [0.2, 0.25) is 17.7 Å². The Morgan fingerprint density at radius 2 is 1.74 bits per heavy atom. The van der Waals surface area contributed by atoms with Crippen molar-refractivity contribution in [2.45, 2.75) is 42.1 Å². The van der Waals surface area contributed by atoms with Gasteiger partial charge in [-0.3, -0.25) is 19.8 Å². The van der Waals surface area contributed by atoms with Gasteiger partial charge in [0, 0.05) is 10.3 Å². The molecule has 2 aromatic rings. The van der Waals surface area contributed by atoms with Crippen molar-refractivity contribution in [1.29, 1.82) is 5.41 Å². The van der Waals surface area contributed by atoms with E-state index in [1.165, 1.54) is 28.8 Å². The van der Waals surface area contributed by atoms with Crippen LogP contribution < -0.4 is 16.0 Å². The number of benzene rings is 2. The van der Waals surface area contributed by atoms with Gasteiger partial charge in [-0.25, -0.2) is 4.79 Å². The van der Waals surface area contributed by atoms with E-state index in [0.29, 0.717) is 11.1 Å². The second kappa shape index (κ2) is 11.2. The van der Waals surface area contributed by atoms with E-state index in [-0.39, 0.29) is 27.4 Å². The van der Waals surface area contributed by atoms with Crippen LogP contribution in [0.4, 0.5) is 0 Å². The number of thioether (sulfide) groups is 1. The van der Waals surface area contributed by atoms with Gasteiger partial charge in [0.25, 0.3) is 0 Å². The van der Waals surface area contributed by atoms with Gasteiger partial charge in [0.1, 0.15) is 29.3 Å². The van der Waals surface area contributed by atoms with Crippen LogP contribution in [-0.2, 0) is 19.2 Å². The molecular weight excluding hydrogens is 589 g/mol. The highest BCUT2D eigenvalue weighted by atomic mass is 35.5. The summed E-state index contributed by atoms with van der Waals surface area (Å²) >= 11 is 19.3. The van der Waals surface area contributed by atoms with Gasteiger partial charge >= 0.3 is 5.97 Å². The fourth-order valence-corrected chi connectivity index (χ4v) is 6.73. The first-order valence-corrected chi connectivity index (χ1v) is 13.7. The Bertz CT molecular complexity index is 1340. The van der Waals surface area contributed by atoms with Crippen molar-refractivity contribution in [3.8, 4) is 0 Å². The number of halogens is 3. The molecule has 2 saturated heterocycles. The normalized spacial score (nSPS) is 21.8. The molecule has 5 N–H and O–H groups in total. The minimum atomic E-state index is -1.15. The Labute approximate surface area is 243 Å². The number of amides is 3. The first kappa shape index (κ1) is 29.0. The molecule has 2 aliphatic rings. The first-order chi connectivity index (χ1) is 18.3. The Balaban J connectivity index is 1.43. The van der Waals surface area contributed by atoms with E-state index in [1.807, 2.05) is 0 Å². The fraction of sp³-hybridized carbons (Fsp3) is 0.320. The highest BCUT2D eigenvalue weighted by Crippen LogP contribution is 2.50. The monoisotopic (exact) mass is 611 g/mol. The van der Waals surface area contributed by atoms with Crippen LogP contribution in [0.5, 0.6) is 0 Å². The molecule has 4 atom stereocenters. The minimum Gasteiger partial charge on any atom is -0.480 e. The van der Waals surface area contributed by atoms with E-state index in [1.54, 1.807) is 44.2 Å². The Morgan fingerprint density at radius 1 is 1.13 bits per heavy atom. The molecule has 206 valence electrons. The van der Waals surface area contributed by atoms with Crippen molar-refractivity contribution in [3.05, 3.63) is 68.7 Å². The fourth-order valence-electron chi connectivity index (χ4n) is 4.51. The number of carboxylic acid groups (broad SMARTS) is 1. The van der Waals surface area contributed by atoms with E-state index in [4.69, 9.17) is 40.2 Å². The lowest BCUT2D eigenvalue weighted by Gasteiger charge is -2.44. The molecule has 2 heterocycles. The number of hydrogen-bond donors (Lipinski definition) is 5. The number of aliphatic carboxylic acids is 1. The van der Waals surface area contributed by atoms with E-state index >= 15 is 0 Å². The first-order valence-electron chi connectivity index (χ1n) is 11.7. The molecule has 0 spiro atoms. The second-order valence-corrected chi connectivity index (χ2v) is 12.4. The molecule has 14 heteroatoms. The Morgan fingerprint density at radius 3 is 2.33 bits per heavy atom. The summed E-state index contributed by atoms with van der Waals surface area (Å²) in [6.45, 7) is 3.13. The van der Waals surface area contributed by atoms with Gasteiger partial charge < -0.3 is 26.0 Å². The summed E-state index contributed by atoms with van der Waals surface area (Å²) in [6, 6.07) is 8.23. The molecule has 1 unspecified atom stereocenters. The third kappa shape index (κ3) is 5.81. The van der Waals surface area contributed by atoms with Gasteiger partial charge in [-0.15, -0.1) is 11.8 Å². The average molecular weight is 613 g/mol. The molecule has 0 bridgehead atoms. The molecule has 4 rings (SSSR count). The molecule has 10 nitrogen and oxygen atoms in total. The summed E-state index contributed by atoms with van der Waals surface area (Å²) < 4.78 is -0.743. The van der Waals surface area contributed by atoms with Gasteiger partial charge in [-0.2, -0.15) is 0 Å². The highest BCUT2D eigenvalue weighted by Gasteiger charge is 2.64. The summed E-state index contributed by atoms with van der Waals surface area (Å²) in [6.07, 6.45) is 0. The standard InChI is InChI=1S/C25H24Cl3N5O5S/c1-25(2)19(24(37)38)33-22(36)18(23(33)39-25)32-21(35)17(11-6-4-3-5-7-11)31-15(34)10-30-20(29)12-8-13(26)16(28)14(27)9-12/h3-9,17-19,23H,10H2,1-2H3,(H2,29,30)(H,31,34)(H,32,35)(H,37,38)/t17?,18-,19+,23-/m1/s1. The smallest absolute Gasteiger partial charge is 0.327 e. The van der Waals surface area contributed by atoms with Gasteiger partial charge in [0.05, 0.1) is 21.6 Å². The van der Waals surface area contributed by atoms with E-state index in [9.17, 15) is 24.3 Å². The number of carbonyl (C=O) groups is 4. The largest absolute Gasteiger partial charge is 0.480 e. The van der Waals surface area contributed by atoms with Crippen molar-refractivity contribution >= 4 is 76.1 Å². The van der Waals surface area contributed by atoms with Crippen LogP contribution in [0.25, 0.3) is 0 Å². The number of rotatable bonds is 8. The van der Waals surface area contributed by atoms with Crippen LogP contribution in [0.3, 0.4) is 0 Å². The van der Waals surface area contributed by atoms with Crippen molar-refractivity contribution in [2.75, 3.05) is 6.54 Å². The Kier molecular flexibility index (Phi) is 8.36. The van der Waals surface area contributed by atoms with Crippen molar-refractivity contribution in [2.24, 2.45) is 0 Å². The number of hydrogen-bond acceptors (Lipinski definition) is 6. The number of amidine groups is 1. The quantitative estimate of drug-likeness (QED) is 0.133. The zero-order valence-electron chi connectivity index (χ0n) is 20.6. The maximum absolute atomic E-state index is 13.3. The molecule has 0 saturated carbocycles. The summed E-state index contributed by atoms with van der Waals surface area (Å²) in [5, 5.41) is 25.7. The molecule has 0 radical (unpaired) electrons. The SMILES string of the molecule is CC1(C)S[C@@H]2[C@H](NC(=O)C(NC(=O)CNC(=N)c3cc(Cl)c(Cl)c(Cl)c3)c3ccccc3)C(=O)N2[C@H]1C(=O)O. The van der Waals surface area contributed by atoms with Crippen LogP contribution >= 0.6 is 46.6 Å².